The molecular weight excluding hydrogens is 518 g/mol. The number of aliphatic hydroxyl groups is 1. The lowest BCUT2D eigenvalue weighted by Gasteiger charge is -2.33. The first kappa shape index (κ1) is 30.0. The molecule has 0 bridgehead atoms. The van der Waals surface area contributed by atoms with E-state index in [1.165, 1.54) is 0 Å². The summed E-state index contributed by atoms with van der Waals surface area (Å²) in [6, 6.07) is 14.2. The topological polar surface area (TPSA) is 129 Å². The van der Waals surface area contributed by atoms with Gasteiger partial charge >= 0.3 is 6.09 Å². The minimum atomic E-state index is -3.53. The van der Waals surface area contributed by atoms with Gasteiger partial charge in [0, 0.05) is 32.4 Å². The molecular formula is C29H37N3O6S. The first-order valence-electron chi connectivity index (χ1n) is 13.0. The molecule has 0 aliphatic carbocycles. The quantitative estimate of drug-likeness (QED) is 0.458. The average molecular weight is 556 g/mol. The molecule has 10 heteroatoms. The summed E-state index contributed by atoms with van der Waals surface area (Å²) in [5.41, 5.74) is 1.70. The third-order valence-electron chi connectivity index (χ3n) is 6.07. The van der Waals surface area contributed by atoms with E-state index in [2.05, 4.69) is 10.8 Å². The Hall–Kier alpha value is -3.55. The number of amides is 1. The number of carbonyl (C=O) groups is 1. The Morgan fingerprint density at radius 1 is 1.23 bits per heavy atom. The zero-order valence-electron chi connectivity index (χ0n) is 22.9. The molecule has 1 saturated heterocycles. The summed E-state index contributed by atoms with van der Waals surface area (Å²) in [4.78, 5) is 14.0. The van der Waals surface area contributed by atoms with Crippen molar-refractivity contribution in [2.24, 2.45) is 0 Å². The number of benzene rings is 2. The van der Waals surface area contributed by atoms with Crippen LogP contribution in [0.5, 0.6) is 5.75 Å². The van der Waals surface area contributed by atoms with E-state index >= 15 is 0 Å². The Kier molecular flexibility index (Phi) is 10.0. The molecule has 39 heavy (non-hydrogen) atoms. The van der Waals surface area contributed by atoms with Gasteiger partial charge in [0.1, 0.15) is 17.5 Å². The van der Waals surface area contributed by atoms with Crippen molar-refractivity contribution in [3.8, 4) is 11.8 Å². The van der Waals surface area contributed by atoms with Crippen LogP contribution in [0, 0.1) is 11.3 Å². The summed E-state index contributed by atoms with van der Waals surface area (Å²) in [6.07, 6.45) is 3.37. The van der Waals surface area contributed by atoms with Gasteiger partial charge in [-0.3, -0.25) is 4.72 Å². The van der Waals surface area contributed by atoms with Gasteiger partial charge < -0.3 is 19.5 Å². The number of carbonyl (C=O) groups excluding carboxylic acids is 1. The maximum Gasteiger partial charge on any atom is 0.410 e. The van der Waals surface area contributed by atoms with E-state index in [1.54, 1.807) is 60.4 Å². The molecule has 1 amide bonds. The summed E-state index contributed by atoms with van der Waals surface area (Å²) in [6.45, 7) is 8.08. The third-order valence-corrected chi connectivity index (χ3v) is 7.37. The van der Waals surface area contributed by atoms with Gasteiger partial charge in [-0.25, -0.2) is 13.2 Å². The van der Waals surface area contributed by atoms with Crippen LogP contribution in [0.2, 0.25) is 0 Å². The van der Waals surface area contributed by atoms with E-state index in [0.717, 1.165) is 5.56 Å². The lowest BCUT2D eigenvalue weighted by Crippen LogP contribution is -2.44. The van der Waals surface area contributed by atoms with Crippen LogP contribution < -0.4 is 9.46 Å². The van der Waals surface area contributed by atoms with Gasteiger partial charge in [0.2, 0.25) is 10.0 Å². The Morgan fingerprint density at radius 2 is 1.95 bits per heavy atom. The molecule has 0 aromatic heterocycles. The minimum absolute atomic E-state index is 0.0847. The molecule has 1 aliphatic rings. The zero-order valence-corrected chi connectivity index (χ0v) is 23.7. The predicted octanol–water partition coefficient (Wildman–Crippen LogP) is 4.71. The molecule has 9 nitrogen and oxygen atoms in total. The Labute approximate surface area is 231 Å². The fourth-order valence-corrected chi connectivity index (χ4v) is 4.73. The van der Waals surface area contributed by atoms with Gasteiger partial charge in [0.25, 0.3) is 0 Å². The molecule has 2 N–H and O–H groups in total. The fraction of sp³-hybridized carbons (Fsp3) is 0.448. The molecule has 0 spiro atoms. The first-order valence-corrected chi connectivity index (χ1v) is 14.7. The molecule has 3 rings (SSSR count). The summed E-state index contributed by atoms with van der Waals surface area (Å²) >= 11 is 0. The van der Waals surface area contributed by atoms with Crippen molar-refractivity contribution in [3.05, 3.63) is 65.2 Å². The fourth-order valence-electron chi connectivity index (χ4n) is 4.05. The Balaban J connectivity index is 1.71. The van der Waals surface area contributed by atoms with E-state index in [4.69, 9.17) is 14.7 Å². The molecule has 0 unspecified atom stereocenters. The third kappa shape index (κ3) is 9.61. The van der Waals surface area contributed by atoms with Gasteiger partial charge in [0.05, 0.1) is 29.2 Å². The molecule has 1 atom stereocenters. The number of piperidine rings is 1. The second kappa shape index (κ2) is 13.0. The van der Waals surface area contributed by atoms with Gasteiger partial charge in [0.15, 0.2) is 0 Å². The largest absolute Gasteiger partial charge is 0.490 e. The second-order valence-electron chi connectivity index (χ2n) is 10.5. The van der Waals surface area contributed by atoms with Crippen LogP contribution in [-0.4, -0.2) is 61.2 Å². The highest BCUT2D eigenvalue weighted by atomic mass is 32.2. The number of hydrogen-bond acceptors (Lipinski definition) is 7. The van der Waals surface area contributed by atoms with Crippen molar-refractivity contribution in [2.75, 3.05) is 23.6 Å². The van der Waals surface area contributed by atoms with E-state index in [9.17, 15) is 18.3 Å². The van der Waals surface area contributed by atoms with Crippen LogP contribution in [0.4, 0.5) is 10.5 Å². The number of likely N-dealkylation sites (tertiary alicyclic amines) is 1. The summed E-state index contributed by atoms with van der Waals surface area (Å²) < 4.78 is 38.8. The van der Waals surface area contributed by atoms with E-state index in [1.807, 2.05) is 26.8 Å². The molecule has 2 aromatic carbocycles. The molecule has 1 fully saturated rings. The van der Waals surface area contributed by atoms with Crippen molar-refractivity contribution in [3.63, 3.8) is 0 Å². The number of nitrogens with zero attached hydrogens (tertiary/aromatic N) is 2. The highest BCUT2D eigenvalue weighted by molar-refractivity contribution is 7.92. The number of sulfonamides is 1. The maximum absolute atomic E-state index is 12.3. The van der Waals surface area contributed by atoms with E-state index in [-0.39, 0.29) is 24.4 Å². The van der Waals surface area contributed by atoms with Crippen LogP contribution in [0.1, 0.15) is 57.2 Å². The van der Waals surface area contributed by atoms with Gasteiger partial charge in [-0.2, -0.15) is 5.26 Å². The molecule has 2 aromatic rings. The highest BCUT2D eigenvalue weighted by Gasteiger charge is 2.28. The smallest absolute Gasteiger partial charge is 0.410 e. The molecule has 210 valence electrons. The molecule has 1 aliphatic heterocycles. The van der Waals surface area contributed by atoms with E-state index in [0.29, 0.717) is 48.5 Å². The number of aliphatic hydroxyl groups excluding tert-OH is 1. The summed E-state index contributed by atoms with van der Waals surface area (Å²) in [5, 5.41) is 19.8. The summed E-state index contributed by atoms with van der Waals surface area (Å²) in [7, 11) is -3.53. The predicted molar refractivity (Wildman–Crippen MR) is 151 cm³/mol. The van der Waals surface area contributed by atoms with Gasteiger partial charge in [-0.15, -0.1) is 0 Å². The van der Waals surface area contributed by atoms with Gasteiger partial charge in [-0.05, 0) is 69.2 Å². The Morgan fingerprint density at radius 3 is 2.59 bits per heavy atom. The second-order valence-corrected chi connectivity index (χ2v) is 12.5. The van der Waals surface area contributed by atoms with E-state index < -0.39 is 21.7 Å². The van der Waals surface area contributed by atoms with Crippen molar-refractivity contribution in [1.29, 1.82) is 5.26 Å². The van der Waals surface area contributed by atoms with Crippen LogP contribution in [-0.2, 0) is 21.2 Å². The molecule has 1 heterocycles. The van der Waals surface area contributed by atoms with Crippen molar-refractivity contribution in [1.82, 2.24) is 4.90 Å². The highest BCUT2D eigenvalue weighted by Crippen LogP contribution is 2.28. The average Bonchev–Trinajstić information content (AvgIpc) is 2.88. The number of anilines is 1. The van der Waals surface area contributed by atoms with Crippen LogP contribution >= 0.6 is 0 Å². The van der Waals surface area contributed by atoms with Crippen LogP contribution in [0.3, 0.4) is 0 Å². The Bertz CT molecular complexity index is 1320. The minimum Gasteiger partial charge on any atom is -0.490 e. The van der Waals surface area contributed by atoms with Crippen molar-refractivity contribution >= 4 is 27.9 Å². The summed E-state index contributed by atoms with van der Waals surface area (Å²) in [5.74, 6) is 0.469. The zero-order chi connectivity index (χ0) is 28.6. The number of nitriles is 1. The monoisotopic (exact) mass is 555 g/mol. The SMILES string of the molecule is CCS(=O)(=O)Nc1ccc(OC2CCN(C(=O)OC(C)(C)C)CC2)cc1C[C@@H](O)/C=C/c1cccc(C#N)c1. The van der Waals surface area contributed by atoms with Crippen molar-refractivity contribution < 1.29 is 27.8 Å². The maximum atomic E-state index is 12.3. The van der Waals surface area contributed by atoms with Crippen LogP contribution in [0.15, 0.2) is 48.5 Å². The lowest BCUT2D eigenvalue weighted by atomic mass is 10.0. The van der Waals surface area contributed by atoms with Gasteiger partial charge in [-0.1, -0.05) is 24.3 Å². The number of rotatable bonds is 9. The normalized spacial score (nSPS) is 15.5. The van der Waals surface area contributed by atoms with Crippen molar-refractivity contribution in [2.45, 2.75) is 64.8 Å². The standard InChI is InChI=1S/C29H37N3O6S/c1-5-39(35,36)31-27-12-11-26(37-25-13-15-32(16-14-25)28(34)38-29(2,3)4)19-23(27)18-24(33)10-9-21-7-6-8-22(17-21)20-30/h6-12,17,19,24-25,31,33H,5,13-16,18H2,1-4H3/b10-9+/t24-/m0/s1. The first-order chi connectivity index (χ1) is 18.4. The lowest BCUT2D eigenvalue weighted by molar-refractivity contribution is 0.0126. The molecule has 0 saturated carbocycles. The number of nitrogens with one attached hydrogen (secondary N) is 1. The molecule has 0 radical (unpaired) electrons. The van der Waals surface area contributed by atoms with Crippen LogP contribution in [0.25, 0.3) is 6.08 Å². The number of ether oxygens (including phenoxy) is 2. The number of hydrogen-bond donors (Lipinski definition) is 2.